The van der Waals surface area contributed by atoms with Crippen LogP contribution in [0.4, 0.5) is 0 Å². The first-order valence-corrected chi connectivity index (χ1v) is 8.14. The van der Waals surface area contributed by atoms with Crippen molar-refractivity contribution in [3.63, 3.8) is 0 Å². The molecule has 1 aliphatic heterocycles. The van der Waals surface area contributed by atoms with E-state index in [1.54, 1.807) is 0 Å². The average Bonchev–Trinajstić information content (AvgIpc) is 2.46. The lowest BCUT2D eigenvalue weighted by Gasteiger charge is -2.37. The highest BCUT2D eigenvalue weighted by molar-refractivity contribution is 5.86. The van der Waals surface area contributed by atoms with Gasteiger partial charge < -0.3 is 20.9 Å². The molecule has 0 aromatic heterocycles. The normalized spacial score (nSPS) is 17.9. The van der Waals surface area contributed by atoms with E-state index in [4.69, 9.17) is 0 Å². The Labute approximate surface area is 131 Å². The first-order valence-electron chi connectivity index (χ1n) is 8.14. The summed E-state index contributed by atoms with van der Waals surface area (Å²) in [4.78, 5) is 14.6. The van der Waals surface area contributed by atoms with Crippen LogP contribution < -0.4 is 16.0 Å². The molecular weight excluding hydrogens is 264 g/mol. The van der Waals surface area contributed by atoms with Crippen LogP contribution >= 0.6 is 0 Å². The van der Waals surface area contributed by atoms with Gasteiger partial charge in [0.2, 0.25) is 5.91 Å². The number of carbonyl (C=O) groups is 1. The van der Waals surface area contributed by atoms with Crippen LogP contribution in [0.25, 0.3) is 0 Å². The predicted octanol–water partition coefficient (Wildman–Crippen LogP) is 1.06. The molecule has 21 heavy (non-hydrogen) atoms. The molecule has 0 aliphatic carbocycles. The van der Waals surface area contributed by atoms with Gasteiger partial charge in [0.05, 0.1) is 5.54 Å². The molecule has 1 amide bonds. The molecule has 0 radical (unpaired) electrons. The molecule has 0 aromatic rings. The quantitative estimate of drug-likeness (QED) is 0.686. The van der Waals surface area contributed by atoms with Crippen molar-refractivity contribution in [1.29, 1.82) is 0 Å². The van der Waals surface area contributed by atoms with E-state index in [1.807, 2.05) is 20.9 Å². The van der Waals surface area contributed by atoms with Crippen LogP contribution in [0.2, 0.25) is 0 Å². The lowest BCUT2D eigenvalue weighted by Crippen LogP contribution is -2.61. The van der Waals surface area contributed by atoms with Gasteiger partial charge in [-0.05, 0) is 52.5 Å². The Morgan fingerprint density at radius 3 is 2.19 bits per heavy atom. The van der Waals surface area contributed by atoms with Gasteiger partial charge in [0.1, 0.15) is 0 Å². The number of hydrogen-bond acceptors (Lipinski definition) is 4. The molecule has 3 N–H and O–H groups in total. The van der Waals surface area contributed by atoms with Gasteiger partial charge in [-0.2, -0.15) is 0 Å². The van der Waals surface area contributed by atoms with E-state index in [0.717, 1.165) is 32.5 Å². The van der Waals surface area contributed by atoms with E-state index in [0.29, 0.717) is 6.54 Å². The zero-order chi connectivity index (χ0) is 16.5. The molecule has 0 spiro atoms. The van der Waals surface area contributed by atoms with Crippen molar-refractivity contribution in [2.24, 2.45) is 5.41 Å². The number of carbonyl (C=O) groups excluding carboxylic acids is 1. The number of nitrogens with zero attached hydrogens (tertiary/aromatic N) is 1. The van der Waals surface area contributed by atoms with Gasteiger partial charge in [-0.1, -0.05) is 27.7 Å². The SMILES string of the molecule is CC.CNC1(C(=O)NCC(C)(C)CN(C)C)CCNCC1. The number of piperidine rings is 1. The fraction of sp³-hybridized carbons (Fsp3) is 0.938. The molecule has 1 aliphatic rings. The lowest BCUT2D eigenvalue weighted by molar-refractivity contribution is -0.129. The molecule has 1 saturated heterocycles. The Kier molecular flexibility index (Phi) is 9.09. The largest absolute Gasteiger partial charge is 0.354 e. The lowest BCUT2D eigenvalue weighted by atomic mass is 9.86. The monoisotopic (exact) mass is 300 g/mol. The summed E-state index contributed by atoms with van der Waals surface area (Å²) in [7, 11) is 6.01. The maximum Gasteiger partial charge on any atom is 0.240 e. The number of hydrogen-bond donors (Lipinski definition) is 3. The molecule has 5 heteroatoms. The molecule has 0 unspecified atom stereocenters. The summed E-state index contributed by atoms with van der Waals surface area (Å²) in [6, 6.07) is 0. The van der Waals surface area contributed by atoms with Crippen molar-refractivity contribution < 1.29 is 4.79 Å². The van der Waals surface area contributed by atoms with Gasteiger partial charge in [0, 0.05) is 13.1 Å². The smallest absolute Gasteiger partial charge is 0.240 e. The highest BCUT2D eigenvalue weighted by Crippen LogP contribution is 2.19. The first kappa shape index (κ1) is 20.3. The van der Waals surface area contributed by atoms with Crippen molar-refractivity contribution in [3.05, 3.63) is 0 Å². The molecule has 5 nitrogen and oxygen atoms in total. The van der Waals surface area contributed by atoms with Gasteiger partial charge >= 0.3 is 0 Å². The minimum absolute atomic E-state index is 0.0843. The molecular formula is C16H36N4O. The third-order valence-electron chi connectivity index (χ3n) is 3.84. The van der Waals surface area contributed by atoms with Crippen LogP contribution in [-0.2, 0) is 4.79 Å². The summed E-state index contributed by atoms with van der Waals surface area (Å²) < 4.78 is 0. The van der Waals surface area contributed by atoms with Gasteiger partial charge in [-0.3, -0.25) is 4.79 Å². The summed E-state index contributed by atoms with van der Waals surface area (Å²) >= 11 is 0. The third-order valence-corrected chi connectivity index (χ3v) is 3.84. The molecule has 0 aromatic carbocycles. The second kappa shape index (κ2) is 9.38. The summed E-state index contributed by atoms with van der Waals surface area (Å²) in [5.41, 5.74) is -0.305. The van der Waals surface area contributed by atoms with Gasteiger partial charge in [0.15, 0.2) is 0 Å². The molecule has 0 saturated carbocycles. The van der Waals surface area contributed by atoms with Gasteiger partial charge in [-0.15, -0.1) is 0 Å². The Bertz CT molecular complexity index is 297. The molecule has 1 rings (SSSR count). The maximum atomic E-state index is 12.5. The standard InChI is InChI=1S/C14H30N4O.C2H6/c1-13(2,11-18(4)5)10-17-12(19)14(15-3)6-8-16-9-7-14;1-2/h15-16H,6-11H2,1-5H3,(H,17,19);1-2H3. The van der Waals surface area contributed by atoms with Crippen molar-refractivity contribution in [2.75, 3.05) is 47.3 Å². The second-order valence-corrected chi connectivity index (χ2v) is 6.67. The Morgan fingerprint density at radius 2 is 1.76 bits per heavy atom. The van der Waals surface area contributed by atoms with Gasteiger partial charge in [0.25, 0.3) is 0 Å². The van der Waals surface area contributed by atoms with Crippen LogP contribution in [-0.4, -0.2) is 63.7 Å². The summed E-state index contributed by atoms with van der Waals surface area (Å²) in [6.45, 7) is 11.8. The molecule has 0 atom stereocenters. The Hall–Kier alpha value is -0.650. The van der Waals surface area contributed by atoms with E-state index in [2.05, 4.69) is 48.8 Å². The summed E-state index contributed by atoms with van der Waals surface area (Å²) in [5, 5.41) is 9.67. The highest BCUT2D eigenvalue weighted by atomic mass is 16.2. The van der Waals surface area contributed by atoms with Crippen molar-refractivity contribution in [2.45, 2.75) is 46.1 Å². The number of likely N-dealkylation sites (N-methyl/N-ethyl adjacent to an activating group) is 1. The van der Waals surface area contributed by atoms with E-state index in [9.17, 15) is 4.79 Å². The topological polar surface area (TPSA) is 56.4 Å². The molecule has 0 bridgehead atoms. The number of nitrogens with one attached hydrogen (secondary N) is 3. The maximum absolute atomic E-state index is 12.5. The third kappa shape index (κ3) is 6.76. The average molecular weight is 300 g/mol. The van der Waals surface area contributed by atoms with Crippen molar-refractivity contribution in [1.82, 2.24) is 20.9 Å². The Balaban J connectivity index is 0.00000191. The summed E-state index contributed by atoms with van der Waals surface area (Å²) in [6.07, 6.45) is 1.70. The Morgan fingerprint density at radius 1 is 1.24 bits per heavy atom. The van der Waals surface area contributed by atoms with E-state index in [1.165, 1.54) is 0 Å². The second-order valence-electron chi connectivity index (χ2n) is 6.67. The zero-order valence-electron chi connectivity index (χ0n) is 15.1. The predicted molar refractivity (Wildman–Crippen MR) is 90.6 cm³/mol. The van der Waals surface area contributed by atoms with Crippen LogP contribution in [0.3, 0.4) is 0 Å². The fourth-order valence-corrected chi connectivity index (χ4v) is 2.84. The number of amides is 1. The van der Waals surface area contributed by atoms with E-state index < -0.39 is 0 Å². The molecule has 126 valence electrons. The van der Waals surface area contributed by atoms with Gasteiger partial charge in [-0.25, -0.2) is 0 Å². The van der Waals surface area contributed by atoms with Crippen LogP contribution in [0.5, 0.6) is 0 Å². The van der Waals surface area contributed by atoms with E-state index >= 15 is 0 Å². The minimum Gasteiger partial charge on any atom is -0.354 e. The van der Waals surface area contributed by atoms with Crippen molar-refractivity contribution >= 4 is 5.91 Å². The zero-order valence-corrected chi connectivity index (χ0v) is 15.1. The van der Waals surface area contributed by atoms with Crippen LogP contribution in [0, 0.1) is 5.41 Å². The number of rotatable bonds is 6. The van der Waals surface area contributed by atoms with Crippen LogP contribution in [0.15, 0.2) is 0 Å². The molecule has 1 heterocycles. The fourth-order valence-electron chi connectivity index (χ4n) is 2.84. The van der Waals surface area contributed by atoms with Crippen molar-refractivity contribution in [3.8, 4) is 0 Å². The van der Waals surface area contributed by atoms with Crippen LogP contribution in [0.1, 0.15) is 40.5 Å². The minimum atomic E-state index is -0.389. The highest BCUT2D eigenvalue weighted by Gasteiger charge is 2.38. The van der Waals surface area contributed by atoms with E-state index in [-0.39, 0.29) is 16.9 Å². The first-order chi connectivity index (χ1) is 9.81. The summed E-state index contributed by atoms with van der Waals surface area (Å²) in [5.74, 6) is 0.142. The molecule has 1 fully saturated rings.